The lowest BCUT2D eigenvalue weighted by Gasteiger charge is -2.39. The average Bonchev–Trinajstić information content (AvgIpc) is 4.47. The number of rotatable bonds is 4. The van der Waals surface area contributed by atoms with Crippen LogP contribution in [0.5, 0.6) is 0 Å². The number of fused-ring (bicyclic) bond motifs is 25. The van der Waals surface area contributed by atoms with Crippen LogP contribution in [0.4, 0.5) is 17.1 Å². The number of aromatic nitrogens is 1. The van der Waals surface area contributed by atoms with E-state index in [4.69, 9.17) is 4.42 Å². The Morgan fingerprint density at radius 3 is 1.40 bits per heavy atom. The second kappa shape index (κ2) is 14.9. The molecule has 1 aliphatic heterocycles. The lowest BCUT2D eigenvalue weighted by atomic mass is 9.65. The quantitative estimate of drug-likeness (QED) is 0.175. The van der Waals surface area contributed by atoms with Gasteiger partial charge >= 0.3 is 0 Å². The van der Waals surface area contributed by atoms with E-state index in [1.54, 1.807) is 0 Å². The fraction of sp³-hybridized carbons (Fsp3) is 0.0270. The molecule has 18 rings (SSSR count). The molecular formula is C74H44N2O. The van der Waals surface area contributed by atoms with Gasteiger partial charge in [-0.15, -0.1) is 0 Å². The number of para-hydroxylation sites is 4. The SMILES string of the molecule is c1ccc2c(c1)-c1ccccc1C21c2ccccc2-c2ccc(N(c3ccc(-c4cccc5c4oc4ccccc45)cc3)c3ccc4c(c3)c3cccc5c3n4-c3ccccc3C53c4ccccc4-c4ccccc43)cc21. The maximum atomic E-state index is 6.59. The van der Waals surface area contributed by atoms with Gasteiger partial charge in [-0.3, -0.25) is 0 Å². The summed E-state index contributed by atoms with van der Waals surface area (Å²) in [5, 5.41) is 4.72. The minimum atomic E-state index is -0.486. The Labute approximate surface area is 444 Å². The number of benzene rings is 12. The molecule has 0 bridgehead atoms. The first-order valence-corrected chi connectivity index (χ1v) is 26.8. The summed E-state index contributed by atoms with van der Waals surface area (Å²) in [6.07, 6.45) is 0. The maximum absolute atomic E-state index is 6.59. The summed E-state index contributed by atoms with van der Waals surface area (Å²) in [5.74, 6) is 0. The predicted molar refractivity (Wildman–Crippen MR) is 315 cm³/mol. The molecule has 4 aliphatic rings. The zero-order chi connectivity index (χ0) is 50.1. The zero-order valence-electron chi connectivity index (χ0n) is 41.7. The van der Waals surface area contributed by atoms with Crippen LogP contribution in [0.2, 0.25) is 0 Å². The number of furan rings is 1. The van der Waals surface area contributed by atoms with Crippen LogP contribution in [0.25, 0.3) is 93.9 Å². The normalized spacial score (nSPS) is 14.2. The van der Waals surface area contributed by atoms with Crippen LogP contribution in [0, 0.1) is 0 Å². The molecule has 2 aromatic heterocycles. The Balaban J connectivity index is 0.884. The smallest absolute Gasteiger partial charge is 0.143 e. The molecule has 0 radical (unpaired) electrons. The maximum Gasteiger partial charge on any atom is 0.143 e. The van der Waals surface area contributed by atoms with Crippen LogP contribution in [0.1, 0.15) is 44.5 Å². The monoisotopic (exact) mass is 976 g/mol. The van der Waals surface area contributed by atoms with E-state index in [9.17, 15) is 0 Å². The summed E-state index contributed by atoms with van der Waals surface area (Å²) >= 11 is 0. The molecule has 0 atom stereocenters. The van der Waals surface area contributed by atoms with E-state index in [1.807, 2.05) is 6.07 Å². The minimum Gasteiger partial charge on any atom is -0.455 e. The first-order valence-electron chi connectivity index (χ1n) is 26.8. The van der Waals surface area contributed by atoms with E-state index in [1.165, 1.54) is 105 Å². The average molecular weight is 977 g/mol. The van der Waals surface area contributed by atoms with Gasteiger partial charge in [-0.1, -0.05) is 212 Å². The Kier molecular flexibility index (Phi) is 8.00. The van der Waals surface area contributed by atoms with Crippen molar-refractivity contribution in [2.45, 2.75) is 10.8 Å². The van der Waals surface area contributed by atoms with Gasteiger partial charge in [0.25, 0.3) is 0 Å². The highest BCUT2D eigenvalue weighted by Gasteiger charge is 2.53. The number of nitrogens with zero attached hydrogens (tertiary/aromatic N) is 2. The van der Waals surface area contributed by atoms with Crippen molar-refractivity contribution in [3.63, 3.8) is 0 Å². The molecule has 0 saturated carbocycles. The van der Waals surface area contributed by atoms with E-state index in [2.05, 4.69) is 270 Å². The largest absolute Gasteiger partial charge is 0.455 e. The van der Waals surface area contributed by atoms with Crippen molar-refractivity contribution in [1.82, 2.24) is 4.57 Å². The molecular weight excluding hydrogens is 933 g/mol. The first kappa shape index (κ1) is 41.4. The zero-order valence-corrected chi connectivity index (χ0v) is 41.7. The van der Waals surface area contributed by atoms with E-state index >= 15 is 0 Å². The lowest BCUT2D eigenvalue weighted by molar-refractivity contribution is 0.670. The lowest BCUT2D eigenvalue weighted by Crippen LogP contribution is -2.33. The van der Waals surface area contributed by atoms with Crippen LogP contribution in [0.15, 0.2) is 271 Å². The Hall–Kier alpha value is -9.96. The van der Waals surface area contributed by atoms with Crippen molar-refractivity contribution in [1.29, 1.82) is 0 Å². The molecule has 0 fully saturated rings. The molecule has 14 aromatic rings. The second-order valence-electron chi connectivity index (χ2n) is 21.4. The van der Waals surface area contributed by atoms with Crippen LogP contribution >= 0.6 is 0 Å². The van der Waals surface area contributed by atoms with Gasteiger partial charge in [0.2, 0.25) is 0 Å². The van der Waals surface area contributed by atoms with E-state index < -0.39 is 10.8 Å². The van der Waals surface area contributed by atoms with Crippen LogP contribution in [0.3, 0.4) is 0 Å². The van der Waals surface area contributed by atoms with Gasteiger partial charge in [-0.05, 0) is 138 Å². The molecule has 0 N–H and O–H groups in total. The molecule has 3 heteroatoms. The van der Waals surface area contributed by atoms with Crippen molar-refractivity contribution in [3.8, 4) is 50.2 Å². The highest BCUT2D eigenvalue weighted by atomic mass is 16.3. The van der Waals surface area contributed by atoms with E-state index in [0.29, 0.717) is 0 Å². The summed E-state index contributed by atoms with van der Waals surface area (Å²) < 4.78 is 9.15. The molecule has 12 aromatic carbocycles. The summed E-state index contributed by atoms with van der Waals surface area (Å²) in [6.45, 7) is 0. The minimum absolute atomic E-state index is 0.480. The molecule has 3 aliphatic carbocycles. The second-order valence-corrected chi connectivity index (χ2v) is 21.4. The molecule has 3 nitrogen and oxygen atoms in total. The fourth-order valence-corrected chi connectivity index (χ4v) is 15.1. The molecule has 0 unspecified atom stereocenters. The molecule has 0 saturated heterocycles. The Morgan fingerprint density at radius 2 is 0.753 bits per heavy atom. The summed E-state index contributed by atoms with van der Waals surface area (Å²) in [5.41, 5.74) is 28.3. The van der Waals surface area contributed by atoms with Crippen molar-refractivity contribution in [3.05, 3.63) is 311 Å². The van der Waals surface area contributed by atoms with Crippen LogP contribution in [-0.2, 0) is 10.8 Å². The Bertz CT molecular complexity index is 4780. The molecule has 0 amide bonds. The third kappa shape index (κ3) is 5.07. The van der Waals surface area contributed by atoms with Gasteiger partial charge < -0.3 is 13.9 Å². The third-order valence-electron chi connectivity index (χ3n) is 18.0. The highest BCUT2D eigenvalue weighted by molar-refractivity contribution is 6.14. The van der Waals surface area contributed by atoms with Crippen LogP contribution < -0.4 is 4.90 Å². The van der Waals surface area contributed by atoms with Crippen molar-refractivity contribution in [2.75, 3.05) is 4.90 Å². The number of anilines is 3. The highest BCUT2D eigenvalue weighted by Crippen LogP contribution is 2.64. The molecule has 77 heavy (non-hydrogen) atoms. The van der Waals surface area contributed by atoms with Gasteiger partial charge in [0.1, 0.15) is 11.2 Å². The van der Waals surface area contributed by atoms with Crippen LogP contribution in [-0.4, -0.2) is 4.57 Å². The number of hydrogen-bond acceptors (Lipinski definition) is 2. The van der Waals surface area contributed by atoms with E-state index in [-0.39, 0.29) is 0 Å². The van der Waals surface area contributed by atoms with Crippen molar-refractivity contribution < 1.29 is 4.42 Å². The number of hydrogen-bond donors (Lipinski definition) is 0. The van der Waals surface area contributed by atoms with Gasteiger partial charge in [0.15, 0.2) is 0 Å². The van der Waals surface area contributed by atoms with Gasteiger partial charge in [0.05, 0.1) is 27.6 Å². The fourth-order valence-electron chi connectivity index (χ4n) is 15.1. The van der Waals surface area contributed by atoms with Gasteiger partial charge in [-0.25, -0.2) is 0 Å². The van der Waals surface area contributed by atoms with Gasteiger partial charge in [-0.2, -0.15) is 0 Å². The topological polar surface area (TPSA) is 21.3 Å². The van der Waals surface area contributed by atoms with E-state index in [0.717, 1.165) is 50.1 Å². The third-order valence-corrected chi connectivity index (χ3v) is 18.0. The van der Waals surface area contributed by atoms with Crippen molar-refractivity contribution in [2.24, 2.45) is 0 Å². The van der Waals surface area contributed by atoms with Crippen molar-refractivity contribution >= 4 is 60.8 Å². The molecule has 3 heterocycles. The predicted octanol–water partition coefficient (Wildman–Crippen LogP) is 18.8. The Morgan fingerprint density at radius 1 is 0.299 bits per heavy atom. The summed E-state index contributed by atoms with van der Waals surface area (Å²) in [4.78, 5) is 2.49. The first-order chi connectivity index (χ1) is 38.2. The standard InChI is InChI=1S/C74H44N2O/c1-7-26-60-50(17-1)51-18-2-8-27-61(51)73(60)62-28-9-5-21-54(62)55-41-39-48(44-67(55)73)75(46-37-35-45(36-38-46)49-23-15-25-58-56-22-6-14-34-70(56)77-72(49)58)47-40-42-68-59(43-47)57-24-16-32-66-71(57)76(68)69-33-13-12-31-65(69)74(66)63-29-10-3-19-52(63)53-20-4-11-30-64(53)74/h1-44H. The van der Waals surface area contributed by atoms with Gasteiger partial charge in [0, 0.05) is 44.2 Å². The summed E-state index contributed by atoms with van der Waals surface area (Å²) in [7, 11) is 0. The summed E-state index contributed by atoms with van der Waals surface area (Å²) in [6, 6.07) is 100.0. The molecule has 2 spiro atoms. The molecule has 356 valence electrons.